The topological polar surface area (TPSA) is 153 Å². The number of hydrogen-bond acceptors (Lipinski definition) is 4. The van der Waals surface area contributed by atoms with E-state index in [1.807, 2.05) is 0 Å². The smallest absolute Gasteiger partial charge is 0.326 e. The molecule has 0 bridgehead atoms. The average molecular weight is 304 g/mol. The number of aliphatic carboxylic acids is 3. The Labute approximate surface area is 121 Å². The van der Waals surface area contributed by atoms with Crippen molar-refractivity contribution in [3.63, 3.8) is 0 Å². The van der Waals surface area contributed by atoms with Crippen LogP contribution in [0.3, 0.4) is 0 Å². The minimum atomic E-state index is -1.39. The van der Waals surface area contributed by atoms with Crippen LogP contribution in [-0.4, -0.2) is 51.3 Å². The van der Waals surface area contributed by atoms with Crippen LogP contribution < -0.4 is 10.6 Å². The van der Waals surface area contributed by atoms with Crippen LogP contribution in [0.15, 0.2) is 0 Å². The number of carbonyl (C=O) groups is 4. The van der Waals surface area contributed by atoms with Crippen molar-refractivity contribution in [3.05, 3.63) is 0 Å². The molecule has 9 heteroatoms. The largest absolute Gasteiger partial charge is 0.481 e. The zero-order valence-electron chi connectivity index (χ0n) is 11.8. The molecule has 0 aliphatic carbocycles. The highest BCUT2D eigenvalue weighted by atomic mass is 16.4. The van der Waals surface area contributed by atoms with Crippen molar-refractivity contribution in [2.24, 2.45) is 5.92 Å². The minimum Gasteiger partial charge on any atom is -0.481 e. The monoisotopic (exact) mass is 304 g/mol. The molecule has 9 nitrogen and oxygen atoms in total. The van der Waals surface area contributed by atoms with Gasteiger partial charge in [0.2, 0.25) is 0 Å². The van der Waals surface area contributed by atoms with E-state index in [1.54, 1.807) is 13.8 Å². The third-order valence-electron chi connectivity index (χ3n) is 2.56. The van der Waals surface area contributed by atoms with Gasteiger partial charge >= 0.3 is 23.9 Å². The first-order valence-corrected chi connectivity index (χ1v) is 6.38. The Morgan fingerprint density at radius 2 is 1.38 bits per heavy atom. The lowest BCUT2D eigenvalue weighted by Crippen LogP contribution is -2.51. The zero-order chi connectivity index (χ0) is 16.6. The second kappa shape index (κ2) is 8.77. The van der Waals surface area contributed by atoms with Crippen LogP contribution in [0, 0.1) is 5.92 Å². The van der Waals surface area contributed by atoms with Gasteiger partial charge in [0.05, 0.1) is 0 Å². The van der Waals surface area contributed by atoms with Gasteiger partial charge in [-0.2, -0.15) is 0 Å². The van der Waals surface area contributed by atoms with Crippen LogP contribution in [0.5, 0.6) is 0 Å². The predicted octanol–water partition coefficient (Wildman–Crippen LogP) is 0.103. The third kappa shape index (κ3) is 8.45. The van der Waals surface area contributed by atoms with Crippen molar-refractivity contribution in [2.45, 2.75) is 45.2 Å². The molecule has 0 radical (unpaired) electrons. The number of nitrogens with one attached hydrogen (secondary N) is 2. The van der Waals surface area contributed by atoms with E-state index >= 15 is 0 Å². The Bertz CT molecular complexity index is 408. The Kier molecular flexibility index (Phi) is 7.80. The molecule has 0 aromatic carbocycles. The van der Waals surface area contributed by atoms with E-state index in [9.17, 15) is 19.2 Å². The number of carbonyl (C=O) groups excluding carboxylic acids is 1. The minimum absolute atomic E-state index is 0.0219. The number of amides is 2. The van der Waals surface area contributed by atoms with Gasteiger partial charge in [-0.1, -0.05) is 13.8 Å². The molecule has 2 amide bonds. The normalized spacial score (nSPS) is 13.3. The fourth-order valence-corrected chi connectivity index (χ4v) is 1.58. The predicted molar refractivity (Wildman–Crippen MR) is 70.8 cm³/mol. The maximum Gasteiger partial charge on any atom is 0.326 e. The van der Waals surface area contributed by atoms with Crippen LogP contribution >= 0.6 is 0 Å². The van der Waals surface area contributed by atoms with Crippen molar-refractivity contribution in [2.75, 3.05) is 0 Å². The van der Waals surface area contributed by atoms with Crippen molar-refractivity contribution in [3.8, 4) is 0 Å². The SMILES string of the molecule is CC(C)C[C@@H](NC(=O)N[C@@H](CCC(=O)O)C(=O)O)C(=O)O. The first-order chi connectivity index (χ1) is 9.63. The molecule has 120 valence electrons. The van der Waals surface area contributed by atoms with E-state index in [2.05, 4.69) is 10.6 Å². The highest BCUT2D eigenvalue weighted by molar-refractivity contribution is 5.86. The molecule has 0 aromatic rings. The van der Waals surface area contributed by atoms with E-state index in [0.717, 1.165) is 0 Å². The zero-order valence-corrected chi connectivity index (χ0v) is 11.8. The van der Waals surface area contributed by atoms with Crippen molar-refractivity contribution >= 4 is 23.9 Å². The summed E-state index contributed by atoms with van der Waals surface area (Å²) in [5.41, 5.74) is 0. The van der Waals surface area contributed by atoms with Crippen molar-refractivity contribution in [1.82, 2.24) is 10.6 Å². The Morgan fingerprint density at radius 1 is 0.905 bits per heavy atom. The van der Waals surface area contributed by atoms with Crippen molar-refractivity contribution in [1.29, 1.82) is 0 Å². The van der Waals surface area contributed by atoms with Gasteiger partial charge < -0.3 is 26.0 Å². The van der Waals surface area contributed by atoms with Gasteiger partial charge in [0.15, 0.2) is 0 Å². The molecule has 0 spiro atoms. The van der Waals surface area contributed by atoms with Gasteiger partial charge in [0.25, 0.3) is 0 Å². The Balaban J connectivity index is 4.56. The van der Waals surface area contributed by atoms with Crippen LogP contribution in [0.1, 0.15) is 33.1 Å². The third-order valence-corrected chi connectivity index (χ3v) is 2.56. The molecule has 0 unspecified atom stereocenters. The summed E-state index contributed by atoms with van der Waals surface area (Å²) in [6, 6.07) is -3.49. The van der Waals surface area contributed by atoms with Gasteiger partial charge in [0, 0.05) is 6.42 Å². The average Bonchev–Trinajstić information content (AvgIpc) is 2.32. The van der Waals surface area contributed by atoms with E-state index in [4.69, 9.17) is 15.3 Å². The van der Waals surface area contributed by atoms with Gasteiger partial charge in [0.1, 0.15) is 12.1 Å². The molecular weight excluding hydrogens is 284 g/mol. The van der Waals surface area contributed by atoms with Gasteiger partial charge in [-0.3, -0.25) is 4.79 Å². The Hall–Kier alpha value is -2.32. The molecule has 0 saturated carbocycles. The summed E-state index contributed by atoms with van der Waals surface area (Å²) >= 11 is 0. The molecule has 0 heterocycles. The number of carboxylic acids is 3. The fraction of sp³-hybridized carbons (Fsp3) is 0.667. The lowest BCUT2D eigenvalue weighted by molar-refractivity contribution is -0.141. The first kappa shape index (κ1) is 18.7. The first-order valence-electron chi connectivity index (χ1n) is 6.38. The molecule has 2 atom stereocenters. The maximum absolute atomic E-state index is 11.6. The summed E-state index contributed by atoms with van der Waals surface area (Å²) in [7, 11) is 0. The van der Waals surface area contributed by atoms with Crippen molar-refractivity contribution < 1.29 is 34.5 Å². The summed E-state index contributed by atoms with van der Waals surface area (Å²) in [6.45, 7) is 3.56. The molecule has 0 aliphatic rings. The van der Waals surface area contributed by atoms with Gasteiger partial charge in [-0.15, -0.1) is 0 Å². The maximum atomic E-state index is 11.6. The van der Waals surface area contributed by atoms with E-state index in [1.165, 1.54) is 0 Å². The van der Waals surface area contributed by atoms with E-state index in [-0.39, 0.29) is 18.8 Å². The second-order valence-corrected chi connectivity index (χ2v) is 4.96. The van der Waals surface area contributed by atoms with Gasteiger partial charge in [-0.05, 0) is 18.8 Å². The molecule has 0 fully saturated rings. The van der Waals surface area contributed by atoms with Gasteiger partial charge in [-0.25, -0.2) is 14.4 Å². The summed E-state index contributed by atoms with van der Waals surface area (Å²) < 4.78 is 0. The van der Waals surface area contributed by atoms with Crippen LogP contribution in [0.4, 0.5) is 4.79 Å². The Morgan fingerprint density at radius 3 is 1.76 bits per heavy atom. The number of rotatable bonds is 9. The summed E-state index contributed by atoms with van der Waals surface area (Å²) in [6.07, 6.45) is -0.527. The van der Waals surface area contributed by atoms with E-state index < -0.39 is 42.4 Å². The highest BCUT2D eigenvalue weighted by Gasteiger charge is 2.25. The highest BCUT2D eigenvalue weighted by Crippen LogP contribution is 2.05. The lowest BCUT2D eigenvalue weighted by atomic mass is 10.0. The summed E-state index contributed by atoms with van der Waals surface area (Å²) in [5.74, 6) is -3.78. The number of carboxylic acid groups (broad SMARTS) is 3. The van der Waals surface area contributed by atoms with Crippen LogP contribution in [0.2, 0.25) is 0 Å². The van der Waals surface area contributed by atoms with Crippen LogP contribution in [0.25, 0.3) is 0 Å². The quantitative estimate of drug-likeness (QED) is 0.405. The summed E-state index contributed by atoms with van der Waals surface area (Å²) in [4.78, 5) is 43.9. The molecule has 0 aromatic heterocycles. The summed E-state index contributed by atoms with van der Waals surface area (Å²) in [5, 5.41) is 30.5. The standard InChI is InChI=1S/C12H20N2O7/c1-6(2)5-8(11(19)20)14-12(21)13-7(10(17)18)3-4-9(15)16/h6-8H,3-5H2,1-2H3,(H,15,16)(H,17,18)(H,19,20)(H2,13,14,21)/t7-,8+/m0/s1. The fourth-order valence-electron chi connectivity index (χ4n) is 1.58. The molecule has 5 N–H and O–H groups in total. The second-order valence-electron chi connectivity index (χ2n) is 4.96. The molecule has 21 heavy (non-hydrogen) atoms. The molecule has 0 aliphatic heterocycles. The molecular formula is C12H20N2O7. The number of hydrogen-bond donors (Lipinski definition) is 5. The number of urea groups is 1. The van der Waals surface area contributed by atoms with E-state index in [0.29, 0.717) is 0 Å². The molecule has 0 saturated heterocycles. The lowest BCUT2D eigenvalue weighted by Gasteiger charge is -2.19. The van der Waals surface area contributed by atoms with Crippen LogP contribution in [-0.2, 0) is 14.4 Å². The molecule has 0 rings (SSSR count).